The molecule has 1 fully saturated rings. The average Bonchev–Trinajstić information content (AvgIpc) is 2.49. The third kappa shape index (κ3) is 7.05. The number of hydrogen-bond donors (Lipinski definition) is 1. The van der Waals surface area contributed by atoms with E-state index in [1.165, 1.54) is 64.7 Å². The molecule has 0 aromatic carbocycles. The molecule has 1 rings (SSSR count). The minimum absolute atomic E-state index is 0.726. The molecule has 0 saturated carbocycles. The maximum atomic E-state index is 3.70. The van der Waals surface area contributed by atoms with Crippen LogP contribution in [0.5, 0.6) is 0 Å². The quantitative estimate of drug-likeness (QED) is 0.687. The van der Waals surface area contributed by atoms with Crippen molar-refractivity contribution in [2.24, 2.45) is 5.92 Å². The second kappa shape index (κ2) is 8.93. The molecule has 1 N–H and O–H groups in total. The minimum Gasteiger partial charge on any atom is -0.313 e. The molecule has 17 heavy (non-hydrogen) atoms. The van der Waals surface area contributed by atoms with Crippen molar-refractivity contribution in [3.8, 4) is 0 Å². The second-order valence-corrected chi connectivity index (χ2v) is 6.00. The number of nitrogens with zero attached hydrogens (tertiary/aromatic N) is 1. The number of rotatable bonds is 7. The first-order valence-corrected chi connectivity index (χ1v) is 7.68. The molecule has 0 amide bonds. The molecule has 102 valence electrons. The van der Waals surface area contributed by atoms with Gasteiger partial charge in [-0.3, -0.25) is 0 Å². The predicted octanol–water partition coefficient (Wildman–Crippen LogP) is 3.28. The van der Waals surface area contributed by atoms with Crippen LogP contribution < -0.4 is 5.32 Å². The van der Waals surface area contributed by atoms with Gasteiger partial charge in [0.15, 0.2) is 0 Å². The Morgan fingerprint density at radius 2 is 2.06 bits per heavy atom. The van der Waals surface area contributed by atoms with Gasteiger partial charge in [-0.25, -0.2) is 0 Å². The van der Waals surface area contributed by atoms with Gasteiger partial charge < -0.3 is 10.2 Å². The largest absolute Gasteiger partial charge is 0.313 e. The highest BCUT2D eigenvalue weighted by atomic mass is 15.2. The van der Waals surface area contributed by atoms with E-state index < -0.39 is 0 Å². The van der Waals surface area contributed by atoms with E-state index in [2.05, 4.69) is 31.0 Å². The van der Waals surface area contributed by atoms with E-state index in [1.807, 2.05) is 0 Å². The molecular weight excluding hydrogens is 208 g/mol. The van der Waals surface area contributed by atoms with Gasteiger partial charge in [0.1, 0.15) is 0 Å². The molecule has 1 aliphatic rings. The van der Waals surface area contributed by atoms with Crippen molar-refractivity contribution in [1.29, 1.82) is 0 Å². The predicted molar refractivity (Wildman–Crippen MR) is 76.4 cm³/mol. The van der Waals surface area contributed by atoms with Crippen LogP contribution in [0.25, 0.3) is 0 Å². The molecule has 1 atom stereocenters. The lowest BCUT2D eigenvalue weighted by atomic mass is 10.0. The molecule has 0 radical (unpaired) electrons. The number of unbranched alkanes of at least 4 members (excludes halogenated alkanes) is 3. The zero-order valence-electron chi connectivity index (χ0n) is 12.2. The van der Waals surface area contributed by atoms with Gasteiger partial charge in [-0.2, -0.15) is 0 Å². The molecule has 0 spiro atoms. The summed E-state index contributed by atoms with van der Waals surface area (Å²) in [5.74, 6) is 0.813. The van der Waals surface area contributed by atoms with Crippen LogP contribution in [0.4, 0.5) is 0 Å². The molecule has 0 aliphatic carbocycles. The Balaban J connectivity index is 2.22. The first-order chi connectivity index (χ1) is 8.22. The Morgan fingerprint density at radius 3 is 2.76 bits per heavy atom. The van der Waals surface area contributed by atoms with Crippen molar-refractivity contribution < 1.29 is 0 Å². The highest BCUT2D eigenvalue weighted by molar-refractivity contribution is 4.77. The van der Waals surface area contributed by atoms with Crippen molar-refractivity contribution in [3.63, 3.8) is 0 Å². The monoisotopic (exact) mass is 240 g/mol. The van der Waals surface area contributed by atoms with E-state index in [-0.39, 0.29) is 0 Å². The molecule has 1 aliphatic heterocycles. The lowest BCUT2D eigenvalue weighted by molar-refractivity contribution is 0.250. The summed E-state index contributed by atoms with van der Waals surface area (Å²) in [5, 5.41) is 3.70. The summed E-state index contributed by atoms with van der Waals surface area (Å²) in [6, 6.07) is 0.726. The van der Waals surface area contributed by atoms with E-state index in [4.69, 9.17) is 0 Å². The summed E-state index contributed by atoms with van der Waals surface area (Å²) in [5.41, 5.74) is 0. The number of hydrogen-bond acceptors (Lipinski definition) is 2. The van der Waals surface area contributed by atoms with E-state index in [0.717, 1.165) is 12.0 Å². The Hall–Kier alpha value is -0.0800. The first-order valence-electron chi connectivity index (χ1n) is 7.68. The number of nitrogens with one attached hydrogen (secondary N) is 1. The van der Waals surface area contributed by atoms with Gasteiger partial charge in [-0.15, -0.1) is 0 Å². The summed E-state index contributed by atoms with van der Waals surface area (Å²) in [7, 11) is 0. The minimum atomic E-state index is 0.726. The standard InChI is InChI=1S/C15H32N2/c1-4-5-6-7-10-17-11-8-9-16-15(13-17)12-14(2)3/h14-16H,4-13H2,1-3H3. The Kier molecular flexibility index (Phi) is 7.87. The van der Waals surface area contributed by atoms with Crippen LogP contribution in [0.1, 0.15) is 59.3 Å². The van der Waals surface area contributed by atoms with Gasteiger partial charge in [0.25, 0.3) is 0 Å². The molecule has 2 nitrogen and oxygen atoms in total. The third-order valence-electron chi connectivity index (χ3n) is 3.65. The van der Waals surface area contributed by atoms with Crippen molar-refractivity contribution in [2.45, 2.75) is 65.3 Å². The lowest BCUT2D eigenvalue weighted by Crippen LogP contribution is -2.38. The molecule has 1 saturated heterocycles. The van der Waals surface area contributed by atoms with Gasteiger partial charge >= 0.3 is 0 Å². The van der Waals surface area contributed by atoms with Gasteiger partial charge in [0.05, 0.1) is 0 Å². The first kappa shape index (κ1) is 15.0. The summed E-state index contributed by atoms with van der Waals surface area (Å²) in [4.78, 5) is 2.68. The van der Waals surface area contributed by atoms with Crippen molar-refractivity contribution >= 4 is 0 Å². The van der Waals surface area contributed by atoms with Crippen LogP contribution >= 0.6 is 0 Å². The van der Waals surface area contributed by atoms with E-state index in [9.17, 15) is 0 Å². The van der Waals surface area contributed by atoms with Gasteiger partial charge in [-0.05, 0) is 44.8 Å². The Morgan fingerprint density at radius 1 is 1.24 bits per heavy atom. The fourth-order valence-corrected chi connectivity index (χ4v) is 2.77. The summed E-state index contributed by atoms with van der Waals surface area (Å²) in [6.45, 7) is 12.0. The van der Waals surface area contributed by atoms with E-state index in [1.54, 1.807) is 0 Å². The fourth-order valence-electron chi connectivity index (χ4n) is 2.77. The lowest BCUT2D eigenvalue weighted by Gasteiger charge is -2.25. The fraction of sp³-hybridized carbons (Fsp3) is 1.00. The average molecular weight is 240 g/mol. The highest BCUT2D eigenvalue weighted by Gasteiger charge is 2.17. The zero-order valence-corrected chi connectivity index (χ0v) is 12.2. The topological polar surface area (TPSA) is 15.3 Å². The molecule has 0 bridgehead atoms. The molecule has 0 aromatic heterocycles. The summed E-state index contributed by atoms with van der Waals surface area (Å²) < 4.78 is 0. The molecular formula is C15H32N2. The van der Waals surface area contributed by atoms with Crippen LogP contribution in [0, 0.1) is 5.92 Å². The Bertz CT molecular complexity index is 180. The molecule has 2 heteroatoms. The van der Waals surface area contributed by atoms with E-state index >= 15 is 0 Å². The highest BCUT2D eigenvalue weighted by Crippen LogP contribution is 2.11. The molecule has 0 aromatic rings. The van der Waals surface area contributed by atoms with E-state index in [0.29, 0.717) is 0 Å². The van der Waals surface area contributed by atoms with Crippen molar-refractivity contribution in [1.82, 2.24) is 10.2 Å². The third-order valence-corrected chi connectivity index (χ3v) is 3.65. The van der Waals surface area contributed by atoms with Crippen molar-refractivity contribution in [2.75, 3.05) is 26.2 Å². The summed E-state index contributed by atoms with van der Waals surface area (Å²) >= 11 is 0. The normalized spacial score (nSPS) is 22.9. The van der Waals surface area contributed by atoms with Crippen LogP contribution in [0.3, 0.4) is 0 Å². The maximum absolute atomic E-state index is 3.70. The van der Waals surface area contributed by atoms with Gasteiger partial charge in [0, 0.05) is 12.6 Å². The molecule has 1 heterocycles. The van der Waals surface area contributed by atoms with Crippen LogP contribution in [0.15, 0.2) is 0 Å². The second-order valence-electron chi connectivity index (χ2n) is 6.00. The zero-order chi connectivity index (χ0) is 12.5. The van der Waals surface area contributed by atoms with Crippen LogP contribution in [-0.4, -0.2) is 37.1 Å². The smallest absolute Gasteiger partial charge is 0.0197 e. The van der Waals surface area contributed by atoms with Crippen molar-refractivity contribution in [3.05, 3.63) is 0 Å². The Labute approximate surface area is 108 Å². The van der Waals surface area contributed by atoms with Crippen LogP contribution in [-0.2, 0) is 0 Å². The molecule has 1 unspecified atom stereocenters. The van der Waals surface area contributed by atoms with Crippen LogP contribution in [0.2, 0.25) is 0 Å². The maximum Gasteiger partial charge on any atom is 0.0197 e. The summed E-state index contributed by atoms with van der Waals surface area (Å²) in [6.07, 6.45) is 8.20. The SMILES string of the molecule is CCCCCCN1CCCNC(CC(C)C)C1. The van der Waals surface area contributed by atoms with Gasteiger partial charge in [0.2, 0.25) is 0 Å². The van der Waals surface area contributed by atoms with Gasteiger partial charge in [-0.1, -0.05) is 40.0 Å².